The summed E-state index contributed by atoms with van der Waals surface area (Å²) in [6.45, 7) is 6.06. The number of hydrogen-bond acceptors (Lipinski definition) is 6. The molecule has 1 heterocycles. The van der Waals surface area contributed by atoms with E-state index >= 15 is 0 Å². The molecule has 0 spiro atoms. The molecule has 1 aromatic carbocycles. The van der Waals surface area contributed by atoms with Gasteiger partial charge in [-0.1, -0.05) is 6.08 Å². The van der Waals surface area contributed by atoms with Gasteiger partial charge in [0.1, 0.15) is 0 Å². The Morgan fingerprint density at radius 1 is 1.37 bits per heavy atom. The molecule has 0 radical (unpaired) electrons. The van der Waals surface area contributed by atoms with Gasteiger partial charge in [0.25, 0.3) is 5.91 Å². The molecule has 1 saturated heterocycles. The van der Waals surface area contributed by atoms with Crippen LogP contribution in [0.1, 0.15) is 30.1 Å². The van der Waals surface area contributed by atoms with Crippen molar-refractivity contribution in [3.05, 3.63) is 42.5 Å². The van der Waals surface area contributed by atoms with Gasteiger partial charge < -0.3 is 14.8 Å². The van der Waals surface area contributed by atoms with Gasteiger partial charge in [-0.3, -0.25) is 4.79 Å². The number of amides is 1. The largest absolute Gasteiger partial charge is 0.449 e. The van der Waals surface area contributed by atoms with Crippen molar-refractivity contribution in [1.29, 1.82) is 0 Å². The Hall–Kier alpha value is -2.23. The Bertz CT molecular complexity index is 770. The summed E-state index contributed by atoms with van der Waals surface area (Å²) >= 11 is 0. The molecule has 1 amide bonds. The van der Waals surface area contributed by atoms with Gasteiger partial charge in [0.05, 0.1) is 16.6 Å². The first-order valence-corrected chi connectivity index (χ1v) is 10.1. The maximum atomic E-state index is 12.3. The molecule has 27 heavy (non-hydrogen) atoms. The molecule has 0 unspecified atom stereocenters. The fraction of sp³-hybridized carbons (Fsp3) is 0.444. The average molecular weight is 396 g/mol. The zero-order chi connectivity index (χ0) is 19.9. The number of hydrogen-bond donors (Lipinski definition) is 2. The second kappa shape index (κ2) is 9.63. The summed E-state index contributed by atoms with van der Waals surface area (Å²) in [4.78, 5) is 23.8. The second-order valence-electron chi connectivity index (χ2n) is 6.09. The van der Waals surface area contributed by atoms with Crippen LogP contribution in [-0.2, 0) is 24.3 Å². The molecule has 0 aromatic heterocycles. The fourth-order valence-electron chi connectivity index (χ4n) is 2.46. The van der Waals surface area contributed by atoms with E-state index in [4.69, 9.17) is 9.47 Å². The molecular weight excluding hydrogens is 372 g/mol. The lowest BCUT2D eigenvalue weighted by Gasteiger charge is -2.13. The lowest BCUT2D eigenvalue weighted by atomic mass is 10.2. The number of benzene rings is 1. The Labute approximate surface area is 159 Å². The minimum atomic E-state index is -3.69. The molecule has 2 rings (SSSR count). The van der Waals surface area contributed by atoms with Crippen molar-refractivity contribution in [3.8, 4) is 0 Å². The normalized spacial score (nSPS) is 17.9. The Balaban J connectivity index is 1.93. The van der Waals surface area contributed by atoms with E-state index in [-0.39, 0.29) is 29.7 Å². The first kappa shape index (κ1) is 21.1. The number of sulfonamides is 1. The van der Waals surface area contributed by atoms with Crippen LogP contribution in [0.15, 0.2) is 41.8 Å². The lowest BCUT2D eigenvalue weighted by Crippen LogP contribution is -2.35. The van der Waals surface area contributed by atoms with Crippen molar-refractivity contribution in [2.45, 2.75) is 36.9 Å². The number of carbonyl (C=O) groups excluding carboxylic acids is 2. The van der Waals surface area contributed by atoms with Gasteiger partial charge in [0.2, 0.25) is 10.0 Å². The van der Waals surface area contributed by atoms with Crippen LogP contribution in [-0.4, -0.2) is 52.2 Å². The SMILES string of the molecule is C=CCNC(=O)[C@H](C)OC(=O)c1ccc(S(=O)(=O)NC[C@H]2CCCO2)cc1. The van der Waals surface area contributed by atoms with E-state index in [1.54, 1.807) is 0 Å². The molecule has 148 valence electrons. The van der Waals surface area contributed by atoms with Crippen molar-refractivity contribution in [2.75, 3.05) is 19.7 Å². The third kappa shape index (κ3) is 6.16. The molecule has 1 fully saturated rings. The summed E-state index contributed by atoms with van der Waals surface area (Å²) in [5.74, 6) is -1.16. The number of nitrogens with one attached hydrogen (secondary N) is 2. The third-order valence-electron chi connectivity index (χ3n) is 4.00. The minimum Gasteiger partial charge on any atom is -0.449 e. The van der Waals surface area contributed by atoms with Crippen LogP contribution >= 0.6 is 0 Å². The van der Waals surface area contributed by atoms with Gasteiger partial charge in [-0.2, -0.15) is 0 Å². The summed E-state index contributed by atoms with van der Waals surface area (Å²) in [7, 11) is -3.69. The maximum absolute atomic E-state index is 12.3. The highest BCUT2D eigenvalue weighted by atomic mass is 32.2. The molecule has 1 aromatic rings. The Kier molecular flexibility index (Phi) is 7.52. The van der Waals surface area contributed by atoms with Gasteiger partial charge in [0, 0.05) is 19.7 Å². The smallest absolute Gasteiger partial charge is 0.338 e. The maximum Gasteiger partial charge on any atom is 0.338 e. The van der Waals surface area contributed by atoms with Crippen LogP contribution in [0.5, 0.6) is 0 Å². The van der Waals surface area contributed by atoms with Gasteiger partial charge in [-0.25, -0.2) is 17.9 Å². The predicted molar refractivity (Wildman–Crippen MR) is 98.7 cm³/mol. The minimum absolute atomic E-state index is 0.0359. The molecule has 8 nitrogen and oxygen atoms in total. The standard InChI is InChI=1S/C18H24N2O6S/c1-3-10-19-17(21)13(2)26-18(22)14-6-8-16(9-7-14)27(23,24)20-12-15-5-4-11-25-15/h3,6-9,13,15,20H,1,4-5,10-12H2,2H3,(H,19,21)/t13-,15+/m0/s1. The molecule has 2 atom stereocenters. The molecule has 0 aliphatic carbocycles. The predicted octanol–water partition coefficient (Wildman–Crippen LogP) is 0.991. The Morgan fingerprint density at radius 2 is 2.07 bits per heavy atom. The monoisotopic (exact) mass is 396 g/mol. The Morgan fingerprint density at radius 3 is 2.67 bits per heavy atom. The van der Waals surface area contributed by atoms with Crippen molar-refractivity contribution in [1.82, 2.24) is 10.0 Å². The van der Waals surface area contributed by atoms with Crippen molar-refractivity contribution >= 4 is 21.9 Å². The van der Waals surface area contributed by atoms with E-state index in [1.807, 2.05) is 0 Å². The summed E-state index contributed by atoms with van der Waals surface area (Å²) in [6.07, 6.45) is 2.18. The molecule has 9 heteroatoms. The van der Waals surface area contributed by atoms with Crippen LogP contribution in [0.3, 0.4) is 0 Å². The highest BCUT2D eigenvalue weighted by molar-refractivity contribution is 7.89. The van der Waals surface area contributed by atoms with E-state index < -0.39 is 28.0 Å². The van der Waals surface area contributed by atoms with Gasteiger partial charge in [-0.05, 0) is 44.0 Å². The van der Waals surface area contributed by atoms with Gasteiger partial charge in [-0.15, -0.1) is 6.58 Å². The number of rotatable bonds is 9. The molecule has 2 N–H and O–H groups in total. The van der Waals surface area contributed by atoms with E-state index in [0.717, 1.165) is 12.8 Å². The topological polar surface area (TPSA) is 111 Å². The zero-order valence-corrected chi connectivity index (χ0v) is 16.0. The molecule has 1 aliphatic heterocycles. The van der Waals surface area contributed by atoms with E-state index in [0.29, 0.717) is 6.61 Å². The summed E-state index contributed by atoms with van der Waals surface area (Å²) in [5, 5.41) is 2.52. The van der Waals surface area contributed by atoms with Gasteiger partial charge >= 0.3 is 5.97 Å². The molecule has 0 bridgehead atoms. The van der Waals surface area contributed by atoms with Gasteiger partial charge in [0.15, 0.2) is 6.10 Å². The molecular formula is C18H24N2O6S. The number of carbonyl (C=O) groups is 2. The summed E-state index contributed by atoms with van der Waals surface area (Å²) in [6, 6.07) is 5.32. The fourth-order valence-corrected chi connectivity index (χ4v) is 3.53. The third-order valence-corrected chi connectivity index (χ3v) is 5.44. The number of ether oxygens (including phenoxy) is 2. The molecule has 1 aliphatic rings. The first-order chi connectivity index (χ1) is 12.8. The van der Waals surface area contributed by atoms with E-state index in [2.05, 4.69) is 16.6 Å². The zero-order valence-electron chi connectivity index (χ0n) is 15.1. The molecule has 0 saturated carbocycles. The van der Waals surface area contributed by atoms with Crippen LogP contribution < -0.4 is 10.0 Å². The van der Waals surface area contributed by atoms with Crippen LogP contribution in [0.2, 0.25) is 0 Å². The van der Waals surface area contributed by atoms with Crippen molar-refractivity contribution in [3.63, 3.8) is 0 Å². The highest BCUT2D eigenvalue weighted by Crippen LogP contribution is 2.14. The average Bonchev–Trinajstić information content (AvgIpc) is 3.18. The van der Waals surface area contributed by atoms with Crippen LogP contribution in [0, 0.1) is 0 Å². The van der Waals surface area contributed by atoms with E-state index in [1.165, 1.54) is 37.3 Å². The lowest BCUT2D eigenvalue weighted by molar-refractivity contribution is -0.128. The van der Waals surface area contributed by atoms with Crippen LogP contribution in [0.25, 0.3) is 0 Å². The van der Waals surface area contributed by atoms with Crippen LogP contribution in [0.4, 0.5) is 0 Å². The van der Waals surface area contributed by atoms with E-state index in [9.17, 15) is 18.0 Å². The highest BCUT2D eigenvalue weighted by Gasteiger charge is 2.22. The first-order valence-electron chi connectivity index (χ1n) is 8.64. The second-order valence-corrected chi connectivity index (χ2v) is 7.86. The summed E-state index contributed by atoms with van der Waals surface area (Å²) < 4.78 is 37.5. The quantitative estimate of drug-likeness (QED) is 0.476. The number of esters is 1. The summed E-state index contributed by atoms with van der Waals surface area (Å²) in [5.41, 5.74) is 0.149. The van der Waals surface area contributed by atoms with Crippen molar-refractivity contribution < 1.29 is 27.5 Å². The van der Waals surface area contributed by atoms with Crippen molar-refractivity contribution in [2.24, 2.45) is 0 Å².